The second kappa shape index (κ2) is 7.46. The fourth-order valence-electron chi connectivity index (χ4n) is 3.18. The van der Waals surface area contributed by atoms with Gasteiger partial charge in [-0.3, -0.25) is 4.79 Å². The van der Waals surface area contributed by atoms with Crippen LogP contribution in [0.15, 0.2) is 48.5 Å². The number of aromatic nitrogens is 1. The number of nitrogens with zero attached hydrogens (tertiary/aromatic N) is 2. The number of likely N-dealkylation sites (tertiary alicyclic amines) is 1. The Morgan fingerprint density at radius 1 is 1.15 bits per heavy atom. The van der Waals surface area contributed by atoms with Gasteiger partial charge in [0.25, 0.3) is 5.91 Å². The zero-order chi connectivity index (χ0) is 17.9. The van der Waals surface area contributed by atoms with E-state index in [1.807, 2.05) is 47.4 Å². The Hall–Kier alpha value is -2.40. The molecule has 0 bridgehead atoms. The predicted molar refractivity (Wildman–Crippen MR) is 106 cm³/mol. The van der Waals surface area contributed by atoms with Gasteiger partial charge in [-0.1, -0.05) is 19.1 Å². The van der Waals surface area contributed by atoms with Crippen molar-refractivity contribution >= 4 is 27.5 Å². The van der Waals surface area contributed by atoms with Gasteiger partial charge < -0.3 is 9.64 Å². The Morgan fingerprint density at radius 3 is 2.62 bits per heavy atom. The van der Waals surface area contributed by atoms with Crippen molar-refractivity contribution in [2.45, 2.75) is 19.8 Å². The fourth-order valence-corrected chi connectivity index (χ4v) is 4.15. The molecule has 1 amide bonds. The summed E-state index contributed by atoms with van der Waals surface area (Å²) >= 11 is 1.68. The van der Waals surface area contributed by atoms with Crippen molar-refractivity contribution in [1.82, 2.24) is 9.88 Å². The number of hydrogen-bond donors (Lipinski definition) is 0. The van der Waals surface area contributed by atoms with E-state index in [0.717, 1.165) is 47.9 Å². The Bertz CT molecular complexity index is 863. The minimum absolute atomic E-state index is 0.0761. The molecule has 3 aromatic rings. The quantitative estimate of drug-likeness (QED) is 0.678. The SMILES string of the molecule is CC1CCN(C(=O)COc2ccc(-c3nc4ccccc4s3)cc2)CC1. The molecule has 1 aromatic heterocycles. The molecule has 2 aromatic carbocycles. The smallest absolute Gasteiger partial charge is 0.260 e. The van der Waals surface area contributed by atoms with Crippen LogP contribution in [0.1, 0.15) is 19.8 Å². The standard InChI is InChI=1S/C21H22N2O2S/c1-15-10-12-23(13-11-15)20(24)14-25-17-8-6-16(7-9-17)21-22-18-4-2-3-5-19(18)26-21/h2-9,15H,10-14H2,1H3. The number of para-hydroxylation sites is 1. The molecule has 0 radical (unpaired) electrons. The number of fused-ring (bicyclic) bond motifs is 1. The lowest BCUT2D eigenvalue weighted by atomic mass is 9.99. The number of piperidine rings is 1. The summed E-state index contributed by atoms with van der Waals surface area (Å²) in [5.74, 6) is 1.51. The summed E-state index contributed by atoms with van der Waals surface area (Å²) in [4.78, 5) is 18.8. The molecular formula is C21H22N2O2S. The number of carbonyl (C=O) groups excluding carboxylic acids is 1. The van der Waals surface area contributed by atoms with Crippen molar-refractivity contribution < 1.29 is 9.53 Å². The first-order valence-corrected chi connectivity index (χ1v) is 9.87. The highest BCUT2D eigenvalue weighted by Crippen LogP contribution is 2.30. The van der Waals surface area contributed by atoms with Crippen molar-refractivity contribution in [2.75, 3.05) is 19.7 Å². The molecule has 1 fully saturated rings. The average Bonchev–Trinajstić information content (AvgIpc) is 3.11. The Morgan fingerprint density at radius 2 is 1.88 bits per heavy atom. The van der Waals surface area contributed by atoms with Gasteiger partial charge in [0.2, 0.25) is 0 Å². The molecule has 26 heavy (non-hydrogen) atoms. The van der Waals surface area contributed by atoms with Gasteiger partial charge in [0, 0.05) is 18.7 Å². The zero-order valence-corrected chi connectivity index (χ0v) is 15.7. The first-order chi connectivity index (χ1) is 12.7. The van der Waals surface area contributed by atoms with Crippen molar-refractivity contribution in [1.29, 1.82) is 0 Å². The molecule has 2 heterocycles. The molecule has 1 saturated heterocycles. The van der Waals surface area contributed by atoms with E-state index in [1.165, 1.54) is 4.70 Å². The molecule has 4 rings (SSSR count). The Kier molecular flexibility index (Phi) is 4.89. The maximum atomic E-state index is 12.3. The Balaban J connectivity index is 1.37. The van der Waals surface area contributed by atoms with E-state index in [4.69, 9.17) is 4.74 Å². The fraction of sp³-hybridized carbons (Fsp3) is 0.333. The third-order valence-electron chi connectivity index (χ3n) is 4.89. The van der Waals surface area contributed by atoms with E-state index >= 15 is 0 Å². The summed E-state index contributed by atoms with van der Waals surface area (Å²) < 4.78 is 6.87. The van der Waals surface area contributed by atoms with Crippen LogP contribution in [0.25, 0.3) is 20.8 Å². The van der Waals surface area contributed by atoms with Gasteiger partial charge in [-0.05, 0) is 55.2 Å². The maximum absolute atomic E-state index is 12.3. The van der Waals surface area contributed by atoms with Crippen LogP contribution in [0.2, 0.25) is 0 Å². The molecule has 0 unspecified atom stereocenters. The van der Waals surface area contributed by atoms with Gasteiger partial charge in [-0.15, -0.1) is 11.3 Å². The van der Waals surface area contributed by atoms with Crippen LogP contribution in [0, 0.1) is 5.92 Å². The van der Waals surface area contributed by atoms with Gasteiger partial charge in [0.1, 0.15) is 10.8 Å². The Labute approximate surface area is 157 Å². The maximum Gasteiger partial charge on any atom is 0.260 e. The average molecular weight is 366 g/mol. The summed E-state index contributed by atoms with van der Waals surface area (Å²) in [5, 5.41) is 0.997. The minimum atomic E-state index is 0.0761. The van der Waals surface area contributed by atoms with Crippen LogP contribution in [-0.2, 0) is 4.79 Å². The predicted octanol–water partition coefficient (Wildman–Crippen LogP) is 4.60. The molecule has 5 heteroatoms. The summed E-state index contributed by atoms with van der Waals surface area (Å²) in [6, 6.07) is 16.0. The van der Waals surface area contributed by atoms with Gasteiger partial charge in [0.15, 0.2) is 6.61 Å². The van der Waals surface area contributed by atoms with E-state index < -0.39 is 0 Å². The van der Waals surface area contributed by atoms with Gasteiger partial charge in [-0.25, -0.2) is 4.98 Å². The molecule has 4 nitrogen and oxygen atoms in total. The summed E-state index contributed by atoms with van der Waals surface area (Å²) in [5.41, 5.74) is 2.09. The van der Waals surface area contributed by atoms with Gasteiger partial charge in [-0.2, -0.15) is 0 Å². The topological polar surface area (TPSA) is 42.4 Å². The lowest BCUT2D eigenvalue weighted by Crippen LogP contribution is -2.40. The lowest BCUT2D eigenvalue weighted by Gasteiger charge is -2.30. The molecule has 0 spiro atoms. The number of amides is 1. The highest BCUT2D eigenvalue weighted by atomic mass is 32.1. The van der Waals surface area contributed by atoms with Crippen molar-refractivity contribution in [3.63, 3.8) is 0 Å². The van der Waals surface area contributed by atoms with Crippen molar-refractivity contribution in [2.24, 2.45) is 5.92 Å². The summed E-state index contributed by atoms with van der Waals surface area (Å²) in [6.45, 7) is 4.04. The molecule has 0 N–H and O–H groups in total. The number of thiazole rings is 1. The molecule has 0 saturated carbocycles. The largest absolute Gasteiger partial charge is 0.484 e. The second-order valence-electron chi connectivity index (χ2n) is 6.86. The van der Waals surface area contributed by atoms with Gasteiger partial charge >= 0.3 is 0 Å². The third kappa shape index (κ3) is 3.73. The monoisotopic (exact) mass is 366 g/mol. The van der Waals surface area contributed by atoms with Gasteiger partial charge in [0.05, 0.1) is 10.2 Å². The van der Waals surface area contributed by atoms with Crippen LogP contribution < -0.4 is 4.74 Å². The number of carbonyl (C=O) groups is 1. The highest BCUT2D eigenvalue weighted by Gasteiger charge is 2.20. The first kappa shape index (κ1) is 17.0. The normalized spacial score (nSPS) is 15.3. The second-order valence-corrected chi connectivity index (χ2v) is 7.89. The van der Waals surface area contributed by atoms with E-state index in [2.05, 4.69) is 18.0 Å². The highest BCUT2D eigenvalue weighted by molar-refractivity contribution is 7.21. The van der Waals surface area contributed by atoms with Crippen LogP contribution in [0.3, 0.4) is 0 Å². The number of hydrogen-bond acceptors (Lipinski definition) is 4. The summed E-state index contributed by atoms with van der Waals surface area (Å²) in [6.07, 6.45) is 2.17. The van der Waals surface area contributed by atoms with E-state index in [0.29, 0.717) is 5.75 Å². The number of ether oxygens (including phenoxy) is 1. The van der Waals surface area contributed by atoms with E-state index in [1.54, 1.807) is 11.3 Å². The molecule has 0 aliphatic carbocycles. The number of rotatable bonds is 4. The molecule has 0 atom stereocenters. The lowest BCUT2D eigenvalue weighted by molar-refractivity contribution is -0.134. The summed E-state index contributed by atoms with van der Waals surface area (Å²) in [7, 11) is 0. The van der Waals surface area contributed by atoms with E-state index in [-0.39, 0.29) is 12.5 Å². The molecular weight excluding hydrogens is 344 g/mol. The van der Waals surface area contributed by atoms with Crippen molar-refractivity contribution in [3.8, 4) is 16.3 Å². The van der Waals surface area contributed by atoms with Crippen LogP contribution in [0.4, 0.5) is 0 Å². The number of benzene rings is 2. The molecule has 1 aliphatic rings. The van der Waals surface area contributed by atoms with Crippen LogP contribution >= 0.6 is 11.3 Å². The van der Waals surface area contributed by atoms with Crippen LogP contribution in [0.5, 0.6) is 5.75 Å². The zero-order valence-electron chi connectivity index (χ0n) is 14.9. The van der Waals surface area contributed by atoms with E-state index in [9.17, 15) is 4.79 Å². The van der Waals surface area contributed by atoms with Crippen LogP contribution in [-0.4, -0.2) is 35.5 Å². The third-order valence-corrected chi connectivity index (χ3v) is 5.98. The molecule has 1 aliphatic heterocycles. The minimum Gasteiger partial charge on any atom is -0.484 e. The van der Waals surface area contributed by atoms with Crippen molar-refractivity contribution in [3.05, 3.63) is 48.5 Å². The first-order valence-electron chi connectivity index (χ1n) is 9.05. The molecule has 134 valence electrons.